The lowest BCUT2D eigenvalue weighted by Gasteiger charge is -2.70. The monoisotopic (exact) mass is 1040 g/mol. The van der Waals surface area contributed by atoms with Gasteiger partial charge in [0.25, 0.3) is 0 Å². The van der Waals surface area contributed by atoms with Crippen molar-refractivity contribution >= 4 is 17.7 Å². The van der Waals surface area contributed by atoms with Crippen molar-refractivity contribution < 1.29 is 53.1 Å². The summed E-state index contributed by atoms with van der Waals surface area (Å²) < 4.78 is 35.8. The zero-order valence-corrected chi connectivity index (χ0v) is 45.1. The second-order valence-electron chi connectivity index (χ2n) is 29.7. The highest BCUT2D eigenvalue weighted by molar-refractivity contribution is 5.94. The Kier molecular flexibility index (Phi) is 9.59. The zero-order chi connectivity index (χ0) is 51.5. The van der Waals surface area contributed by atoms with E-state index in [0.717, 1.165) is 102 Å². The number of rotatable bonds is 6. The molecule has 9 aliphatic carbocycles. The number of cyclic esters (lactones) is 2. The molecule has 1 aromatic rings. The number of Topliss-reactive ketones (excluding diaryl/α,β-unsaturated/α-hetero) is 1. The molecular weight excluding hydrogens is 961 g/mol. The zero-order valence-electron chi connectivity index (χ0n) is 45.1. The van der Waals surface area contributed by atoms with Crippen molar-refractivity contribution in [3.05, 3.63) is 47.6 Å². The van der Waals surface area contributed by atoms with Gasteiger partial charge >= 0.3 is 11.9 Å². The van der Waals surface area contributed by atoms with E-state index in [-0.39, 0.29) is 65.9 Å². The molecule has 13 heteroatoms. The summed E-state index contributed by atoms with van der Waals surface area (Å²) in [5.41, 5.74) is -4.95. The molecule has 26 atom stereocenters. The minimum absolute atomic E-state index is 0.00874. The van der Waals surface area contributed by atoms with Crippen LogP contribution in [0.15, 0.2) is 40.7 Å². The minimum atomic E-state index is -1.47. The second-order valence-corrected chi connectivity index (χ2v) is 29.7. The highest BCUT2D eigenvalue weighted by Crippen LogP contribution is 2.90. The van der Waals surface area contributed by atoms with E-state index >= 15 is 9.59 Å². The average molecular weight is 1040 g/mol. The molecule has 5 bridgehead atoms. The number of epoxide rings is 1. The predicted molar refractivity (Wildman–Crippen MR) is 274 cm³/mol. The molecule has 9 saturated carbocycles. The lowest BCUT2D eigenvalue weighted by atomic mass is 9.32. The van der Waals surface area contributed by atoms with Crippen molar-refractivity contribution in [2.75, 3.05) is 26.4 Å². The fraction of sp³-hybridized carbons (Fsp3) is 0.825. The maximum atomic E-state index is 16.8. The molecule has 13 nitrogen and oxygen atoms in total. The number of carbonyl (C=O) groups excluding carboxylic acids is 3. The molecule has 8 heterocycles. The molecule has 0 aromatic carbocycles. The second kappa shape index (κ2) is 15.3. The van der Waals surface area contributed by atoms with Crippen LogP contribution in [0.2, 0.25) is 0 Å². The number of aliphatic hydroxyl groups is 3. The minimum Gasteiger partial charge on any atom is -0.469 e. The van der Waals surface area contributed by atoms with E-state index < -0.39 is 80.7 Å². The van der Waals surface area contributed by atoms with Crippen molar-refractivity contribution in [2.24, 2.45) is 104 Å². The van der Waals surface area contributed by atoms with E-state index in [1.165, 1.54) is 37.7 Å². The van der Waals surface area contributed by atoms with Gasteiger partial charge in [0.15, 0.2) is 11.9 Å². The standard InChI is InChI=1S/C63H82N2O11/c1-32-39-10-5-4-8-33(39)13-19-58(32)17-7-18-61-46(58)24-38-23-37-9-6-16-59(37)27-36-26-56(2)52(41-15-21-72-45(41)25-42(44(67)29-66)34-11-12-40-35(22-34)14-20-65-31-64-28-43(40)65)74-55(71)53-63(56,75-53)57(3)48(36)60(49(61)47(68)51(57)69)30-73-54(70)50(59)62(38,60)76-61/h14-15,20-21,24,32-37,39-40,42-44,46,48-53,64,66-67,69H,4-13,16-19,22-23,25-31H2,1-3H3. The van der Waals surface area contributed by atoms with Gasteiger partial charge in [-0.15, -0.1) is 0 Å². The first-order chi connectivity index (χ1) is 36.7. The number of nitrogens with zero attached hydrogens (tertiary/aromatic N) is 1. The Labute approximate surface area is 447 Å². The van der Waals surface area contributed by atoms with Crippen LogP contribution in [-0.4, -0.2) is 106 Å². The molecule has 6 spiro atoms. The number of hydrogen-bond acceptors (Lipinski definition) is 13. The molecule has 7 aliphatic heterocycles. The van der Waals surface area contributed by atoms with Crippen molar-refractivity contribution in [3.8, 4) is 0 Å². The summed E-state index contributed by atoms with van der Waals surface area (Å²) in [6.45, 7) is 8.42. The van der Waals surface area contributed by atoms with E-state index in [0.29, 0.717) is 48.3 Å². The van der Waals surface area contributed by atoms with Crippen LogP contribution in [0.3, 0.4) is 0 Å². The number of ether oxygens (including phenoxy) is 4. The third-order valence-corrected chi connectivity index (χ3v) is 28.2. The van der Waals surface area contributed by atoms with Gasteiger partial charge < -0.3 is 43.6 Å². The molecule has 4 N–H and O–H groups in total. The summed E-state index contributed by atoms with van der Waals surface area (Å²) in [5, 5.41) is 39.8. The number of nitrogens with one attached hydrogen (secondary N) is 1. The van der Waals surface area contributed by atoms with Crippen LogP contribution in [0.4, 0.5) is 0 Å². The fourth-order valence-corrected chi connectivity index (χ4v) is 25.9. The first-order valence-corrected chi connectivity index (χ1v) is 30.9. The fourth-order valence-electron chi connectivity index (χ4n) is 25.9. The van der Waals surface area contributed by atoms with E-state index in [1.807, 2.05) is 6.07 Å². The molecule has 17 rings (SSSR count). The topological polar surface area (TPSA) is 181 Å². The molecular formula is C63H82N2O11. The molecule has 5 saturated heterocycles. The van der Waals surface area contributed by atoms with Crippen LogP contribution in [-0.2, 0) is 39.8 Å². The Morgan fingerprint density at radius 1 is 0.895 bits per heavy atom. The number of aliphatic hydroxyl groups excluding tert-OH is 3. The lowest BCUT2D eigenvalue weighted by molar-refractivity contribution is -0.282. The highest BCUT2D eigenvalue weighted by Gasteiger charge is 2.98. The van der Waals surface area contributed by atoms with Gasteiger partial charge in [-0.05, 0) is 178 Å². The van der Waals surface area contributed by atoms with Crippen LogP contribution >= 0.6 is 0 Å². The predicted octanol–water partition coefficient (Wildman–Crippen LogP) is 7.75. The summed E-state index contributed by atoms with van der Waals surface area (Å²) in [6.07, 6.45) is 23.4. The quantitative estimate of drug-likeness (QED) is 0.124. The van der Waals surface area contributed by atoms with Gasteiger partial charge in [-0.25, -0.2) is 4.79 Å². The molecule has 0 amide bonds. The molecule has 16 aliphatic rings. The maximum absolute atomic E-state index is 16.8. The SMILES string of the molecule is CC1C2CCCCC2CCC12CCCC13OC45C(=CC21)CC1CCCC12CC1CC6(C)C(c7ccoc7CC(C(O)CO)C7CCC8C(C=CN9CNCC89)C7)OC(=O)C7OC76C6(C)C(O)C(=O)C3C4(COC(=O)C25)C16. The molecule has 76 heavy (non-hydrogen) atoms. The number of hydrogen-bond donors (Lipinski definition) is 4. The van der Waals surface area contributed by atoms with Crippen LogP contribution in [0, 0.1) is 104 Å². The first kappa shape index (κ1) is 47.7. The van der Waals surface area contributed by atoms with E-state index in [1.54, 1.807) is 6.26 Å². The third-order valence-electron chi connectivity index (χ3n) is 28.2. The Morgan fingerprint density at radius 2 is 1.75 bits per heavy atom. The number of fused-ring (bicyclic) bond motifs is 5. The van der Waals surface area contributed by atoms with Gasteiger partial charge in [0.2, 0.25) is 0 Å². The lowest BCUT2D eigenvalue weighted by Crippen LogP contribution is -2.80. The van der Waals surface area contributed by atoms with Crippen LogP contribution in [0.5, 0.6) is 0 Å². The molecule has 26 unspecified atom stereocenters. The molecule has 0 radical (unpaired) electrons. The highest BCUT2D eigenvalue weighted by atomic mass is 16.7. The van der Waals surface area contributed by atoms with E-state index in [4.69, 9.17) is 23.4 Å². The van der Waals surface area contributed by atoms with Crippen molar-refractivity contribution in [1.29, 1.82) is 0 Å². The van der Waals surface area contributed by atoms with Gasteiger partial charge in [-0.2, -0.15) is 0 Å². The summed E-state index contributed by atoms with van der Waals surface area (Å²) >= 11 is 0. The van der Waals surface area contributed by atoms with Gasteiger partial charge in [-0.3, -0.25) is 14.9 Å². The Balaban J connectivity index is 0.805. The molecule has 14 fully saturated rings. The van der Waals surface area contributed by atoms with Gasteiger partial charge in [0.05, 0.1) is 48.5 Å². The van der Waals surface area contributed by atoms with E-state index in [9.17, 15) is 20.1 Å². The Hall–Kier alpha value is -3.07. The first-order valence-electron chi connectivity index (χ1n) is 30.9. The maximum Gasteiger partial charge on any atom is 0.339 e. The molecule has 1 aromatic heterocycles. The summed E-state index contributed by atoms with van der Waals surface area (Å²) in [7, 11) is 0. The van der Waals surface area contributed by atoms with E-state index in [2.05, 4.69) is 49.3 Å². The molecule has 410 valence electrons. The van der Waals surface area contributed by atoms with Gasteiger partial charge in [0, 0.05) is 41.3 Å². The largest absolute Gasteiger partial charge is 0.469 e. The van der Waals surface area contributed by atoms with Crippen molar-refractivity contribution in [2.45, 2.75) is 190 Å². The summed E-state index contributed by atoms with van der Waals surface area (Å²) in [5.74, 6) is 0.924. The van der Waals surface area contributed by atoms with Crippen molar-refractivity contribution in [1.82, 2.24) is 10.2 Å². The number of ketones is 1. The average Bonchev–Trinajstić information content (AvgIpc) is 2.71. The number of esters is 2. The van der Waals surface area contributed by atoms with Gasteiger partial charge in [0.1, 0.15) is 35.8 Å². The van der Waals surface area contributed by atoms with Crippen LogP contribution in [0.1, 0.15) is 154 Å². The normalized spacial score (nSPS) is 56.8. The summed E-state index contributed by atoms with van der Waals surface area (Å²) in [4.78, 5) is 49.7. The van der Waals surface area contributed by atoms with Crippen molar-refractivity contribution in [3.63, 3.8) is 0 Å². The Bertz CT molecular complexity index is 2780. The summed E-state index contributed by atoms with van der Waals surface area (Å²) in [6, 6.07) is 2.40. The number of carbonyl (C=O) groups is 3. The number of allylic oxidation sites excluding steroid dienone is 1. The smallest absolute Gasteiger partial charge is 0.339 e. The Morgan fingerprint density at radius 3 is 2.62 bits per heavy atom. The number of furan rings is 1. The van der Waals surface area contributed by atoms with Crippen LogP contribution < -0.4 is 5.32 Å². The van der Waals surface area contributed by atoms with Gasteiger partial charge in [-0.1, -0.05) is 58.6 Å². The van der Waals surface area contributed by atoms with Crippen LogP contribution in [0.25, 0.3) is 0 Å². The third kappa shape index (κ3) is 5.09.